The molecule has 3 heterocycles. The second-order valence-corrected chi connectivity index (χ2v) is 5.96. The van der Waals surface area contributed by atoms with E-state index in [0.29, 0.717) is 37.6 Å². The zero-order valence-electron chi connectivity index (χ0n) is 14.0. The molecule has 124 valence electrons. The van der Waals surface area contributed by atoms with Crippen molar-refractivity contribution < 1.29 is 13.9 Å². The molecule has 1 fully saturated rings. The fourth-order valence-corrected chi connectivity index (χ4v) is 2.95. The first-order chi connectivity index (χ1) is 10.9. The number of aryl methyl sites for hydroxylation is 4. The van der Waals surface area contributed by atoms with Crippen LogP contribution >= 0.6 is 0 Å². The minimum atomic E-state index is -0.0826. The Labute approximate surface area is 135 Å². The summed E-state index contributed by atoms with van der Waals surface area (Å²) in [5, 5.41) is 4.36. The fourth-order valence-electron chi connectivity index (χ4n) is 2.95. The van der Waals surface area contributed by atoms with Gasteiger partial charge in [-0.05, 0) is 33.8 Å². The minimum Gasteiger partial charge on any atom is -0.466 e. The molecule has 7 heteroatoms. The van der Waals surface area contributed by atoms with Gasteiger partial charge in [0.15, 0.2) is 0 Å². The molecule has 0 aromatic carbocycles. The van der Waals surface area contributed by atoms with Crippen LogP contribution < -0.4 is 0 Å². The number of aromatic nitrogens is 3. The Morgan fingerprint density at radius 3 is 2.74 bits per heavy atom. The van der Waals surface area contributed by atoms with Gasteiger partial charge in [-0.3, -0.25) is 4.79 Å². The van der Waals surface area contributed by atoms with E-state index < -0.39 is 0 Å². The molecule has 0 unspecified atom stereocenters. The number of carbonyl (C=O) groups excluding carboxylic acids is 1. The summed E-state index contributed by atoms with van der Waals surface area (Å²) >= 11 is 0. The van der Waals surface area contributed by atoms with Crippen LogP contribution in [-0.4, -0.2) is 51.4 Å². The number of morpholine rings is 1. The maximum Gasteiger partial charge on any atom is 0.257 e. The van der Waals surface area contributed by atoms with Crippen molar-refractivity contribution in [1.82, 2.24) is 19.7 Å². The smallest absolute Gasteiger partial charge is 0.257 e. The quantitative estimate of drug-likeness (QED) is 0.860. The Kier molecular flexibility index (Phi) is 4.21. The highest BCUT2D eigenvalue weighted by Crippen LogP contribution is 2.18. The predicted octanol–water partition coefficient (Wildman–Crippen LogP) is 1.65. The largest absolute Gasteiger partial charge is 0.466 e. The van der Waals surface area contributed by atoms with Gasteiger partial charge in [0, 0.05) is 13.1 Å². The molecule has 23 heavy (non-hydrogen) atoms. The molecule has 2 aromatic heterocycles. The van der Waals surface area contributed by atoms with Crippen molar-refractivity contribution >= 4 is 5.91 Å². The number of hydrogen-bond acceptors (Lipinski definition) is 5. The molecule has 0 radical (unpaired) electrons. The summed E-state index contributed by atoms with van der Waals surface area (Å²) in [5.41, 5.74) is 0.635. The zero-order valence-corrected chi connectivity index (χ0v) is 14.0. The van der Waals surface area contributed by atoms with E-state index in [-0.39, 0.29) is 12.0 Å². The normalized spacial score (nSPS) is 18.4. The van der Waals surface area contributed by atoms with Crippen LogP contribution in [0.5, 0.6) is 0 Å². The lowest BCUT2D eigenvalue weighted by Crippen LogP contribution is -2.47. The summed E-state index contributed by atoms with van der Waals surface area (Å²) in [5.74, 6) is 3.02. The van der Waals surface area contributed by atoms with Gasteiger partial charge in [-0.1, -0.05) is 0 Å². The number of ether oxygens (including phenoxy) is 1. The highest BCUT2D eigenvalue weighted by Gasteiger charge is 2.27. The van der Waals surface area contributed by atoms with Gasteiger partial charge in [-0.25, -0.2) is 9.67 Å². The summed E-state index contributed by atoms with van der Waals surface area (Å²) in [6, 6.07) is 1.80. The Morgan fingerprint density at radius 2 is 2.13 bits per heavy atom. The molecule has 0 saturated carbocycles. The lowest BCUT2D eigenvalue weighted by molar-refractivity contribution is -0.0303. The third kappa shape index (κ3) is 3.29. The molecule has 0 spiro atoms. The highest BCUT2D eigenvalue weighted by molar-refractivity contribution is 5.95. The molecule has 1 amide bonds. The lowest BCUT2D eigenvalue weighted by Gasteiger charge is -2.33. The topological polar surface area (TPSA) is 73.4 Å². The molecule has 2 aromatic rings. The molecule has 0 aliphatic carbocycles. The standard InChI is InChI=1S/C16H22N4O3/c1-10-7-15(11(2)23-10)16(21)19-5-6-22-14(8-19)9-20-13(4)17-12(3)18-20/h7,14H,5-6,8-9H2,1-4H3/t14-/m0/s1. The molecule has 1 atom stereocenters. The van der Waals surface area contributed by atoms with Gasteiger partial charge in [0.1, 0.15) is 23.2 Å². The Hall–Kier alpha value is -2.15. The van der Waals surface area contributed by atoms with E-state index in [2.05, 4.69) is 10.1 Å². The second-order valence-electron chi connectivity index (χ2n) is 5.96. The summed E-state index contributed by atoms with van der Waals surface area (Å²) < 4.78 is 13.1. The van der Waals surface area contributed by atoms with Crippen molar-refractivity contribution in [1.29, 1.82) is 0 Å². The zero-order chi connectivity index (χ0) is 16.6. The van der Waals surface area contributed by atoms with E-state index in [1.54, 1.807) is 6.07 Å². The summed E-state index contributed by atoms with van der Waals surface area (Å²) in [6.45, 7) is 9.71. The van der Waals surface area contributed by atoms with Crippen LogP contribution in [-0.2, 0) is 11.3 Å². The molecular formula is C16H22N4O3. The number of rotatable bonds is 3. The van der Waals surface area contributed by atoms with Crippen molar-refractivity contribution in [2.45, 2.75) is 40.3 Å². The Morgan fingerprint density at radius 1 is 1.35 bits per heavy atom. The molecule has 0 bridgehead atoms. The van der Waals surface area contributed by atoms with E-state index in [1.165, 1.54) is 0 Å². The number of amides is 1. The van der Waals surface area contributed by atoms with Crippen molar-refractivity contribution in [2.24, 2.45) is 0 Å². The Balaban J connectivity index is 1.69. The van der Waals surface area contributed by atoms with E-state index in [0.717, 1.165) is 17.4 Å². The van der Waals surface area contributed by atoms with Gasteiger partial charge >= 0.3 is 0 Å². The van der Waals surface area contributed by atoms with Gasteiger partial charge in [0.05, 0.1) is 24.8 Å². The average Bonchev–Trinajstić information content (AvgIpc) is 3.00. The maximum atomic E-state index is 12.7. The van der Waals surface area contributed by atoms with Crippen molar-refractivity contribution in [3.63, 3.8) is 0 Å². The molecule has 1 aliphatic rings. The summed E-state index contributed by atoms with van der Waals surface area (Å²) in [6.07, 6.45) is -0.0826. The van der Waals surface area contributed by atoms with Crippen LogP contribution in [0.25, 0.3) is 0 Å². The van der Waals surface area contributed by atoms with E-state index in [1.807, 2.05) is 37.3 Å². The number of nitrogens with zero attached hydrogens (tertiary/aromatic N) is 4. The fraction of sp³-hybridized carbons (Fsp3) is 0.562. The number of carbonyl (C=O) groups is 1. The van der Waals surface area contributed by atoms with Gasteiger partial charge in [-0.2, -0.15) is 5.10 Å². The molecule has 0 N–H and O–H groups in total. The second kappa shape index (κ2) is 6.16. The molecule has 3 rings (SSSR count). The van der Waals surface area contributed by atoms with Gasteiger partial charge < -0.3 is 14.1 Å². The first-order valence-electron chi connectivity index (χ1n) is 7.80. The van der Waals surface area contributed by atoms with E-state index >= 15 is 0 Å². The van der Waals surface area contributed by atoms with Crippen LogP contribution in [0.3, 0.4) is 0 Å². The van der Waals surface area contributed by atoms with Crippen LogP contribution in [0.1, 0.15) is 33.5 Å². The maximum absolute atomic E-state index is 12.7. The summed E-state index contributed by atoms with van der Waals surface area (Å²) in [7, 11) is 0. The first kappa shape index (κ1) is 15.7. The number of hydrogen-bond donors (Lipinski definition) is 0. The van der Waals surface area contributed by atoms with Crippen LogP contribution in [0.4, 0.5) is 0 Å². The van der Waals surface area contributed by atoms with Crippen LogP contribution in [0, 0.1) is 27.7 Å². The molecule has 1 saturated heterocycles. The minimum absolute atomic E-state index is 0.000794. The van der Waals surface area contributed by atoms with Crippen molar-refractivity contribution in [2.75, 3.05) is 19.7 Å². The lowest BCUT2D eigenvalue weighted by atomic mass is 10.2. The van der Waals surface area contributed by atoms with Gasteiger partial charge in [0.25, 0.3) is 5.91 Å². The van der Waals surface area contributed by atoms with E-state index in [9.17, 15) is 4.79 Å². The van der Waals surface area contributed by atoms with Crippen molar-refractivity contribution in [3.8, 4) is 0 Å². The van der Waals surface area contributed by atoms with E-state index in [4.69, 9.17) is 9.15 Å². The highest BCUT2D eigenvalue weighted by atomic mass is 16.5. The third-order valence-electron chi connectivity index (χ3n) is 4.04. The molecule has 7 nitrogen and oxygen atoms in total. The monoisotopic (exact) mass is 318 g/mol. The third-order valence-corrected chi connectivity index (χ3v) is 4.04. The van der Waals surface area contributed by atoms with Gasteiger partial charge in [0.2, 0.25) is 0 Å². The average molecular weight is 318 g/mol. The SMILES string of the molecule is Cc1nc(C)n(C[C@@H]2CN(C(=O)c3cc(C)oc3C)CCO2)n1. The number of furan rings is 1. The van der Waals surface area contributed by atoms with Crippen LogP contribution in [0.15, 0.2) is 10.5 Å². The molecular weight excluding hydrogens is 296 g/mol. The Bertz CT molecular complexity index is 719. The predicted molar refractivity (Wildman–Crippen MR) is 83.3 cm³/mol. The first-order valence-corrected chi connectivity index (χ1v) is 7.80. The van der Waals surface area contributed by atoms with Crippen molar-refractivity contribution in [3.05, 3.63) is 34.8 Å². The summed E-state index contributed by atoms with van der Waals surface area (Å²) in [4.78, 5) is 18.8. The van der Waals surface area contributed by atoms with Gasteiger partial charge in [-0.15, -0.1) is 0 Å². The van der Waals surface area contributed by atoms with Crippen LogP contribution in [0.2, 0.25) is 0 Å². The molecule has 1 aliphatic heterocycles.